The molecule has 3 rings (SSSR count). The van der Waals surface area contributed by atoms with Crippen LogP contribution in [0, 0.1) is 11.8 Å². The van der Waals surface area contributed by atoms with E-state index in [9.17, 15) is 10.2 Å². The van der Waals surface area contributed by atoms with E-state index in [1.807, 2.05) is 12.4 Å². The SMILES string of the molecule is CC(C)Nc1ncc(CN2C[C@@H](CN3CCC(O)CC3)[C@@H](CO)C2)cn1. The largest absolute Gasteiger partial charge is 0.396 e. The Bertz CT molecular complexity index is 545. The molecule has 3 N–H and O–H groups in total. The highest BCUT2D eigenvalue weighted by atomic mass is 16.3. The third-order valence-electron chi connectivity index (χ3n) is 5.47. The van der Waals surface area contributed by atoms with Crippen molar-refractivity contribution in [2.45, 2.75) is 45.4 Å². The first-order chi connectivity index (χ1) is 12.5. The summed E-state index contributed by atoms with van der Waals surface area (Å²) >= 11 is 0. The number of piperidine rings is 1. The van der Waals surface area contributed by atoms with Crippen LogP contribution in [0.1, 0.15) is 32.3 Å². The van der Waals surface area contributed by atoms with E-state index in [-0.39, 0.29) is 12.7 Å². The van der Waals surface area contributed by atoms with Crippen molar-refractivity contribution in [1.29, 1.82) is 0 Å². The van der Waals surface area contributed by atoms with Gasteiger partial charge < -0.3 is 20.4 Å². The van der Waals surface area contributed by atoms with Gasteiger partial charge in [-0.15, -0.1) is 0 Å². The summed E-state index contributed by atoms with van der Waals surface area (Å²) in [5.41, 5.74) is 1.11. The smallest absolute Gasteiger partial charge is 0.222 e. The van der Waals surface area contributed by atoms with Crippen molar-refractivity contribution in [1.82, 2.24) is 19.8 Å². The van der Waals surface area contributed by atoms with E-state index in [1.165, 1.54) is 0 Å². The normalized spacial score (nSPS) is 25.9. The Morgan fingerprint density at radius 3 is 2.38 bits per heavy atom. The maximum atomic E-state index is 9.79. The van der Waals surface area contributed by atoms with Crippen molar-refractivity contribution in [3.8, 4) is 0 Å². The number of aliphatic hydroxyl groups excluding tert-OH is 2. The molecular weight excluding hydrogens is 330 g/mol. The Morgan fingerprint density at radius 2 is 1.77 bits per heavy atom. The van der Waals surface area contributed by atoms with Gasteiger partial charge in [-0.2, -0.15) is 0 Å². The topological polar surface area (TPSA) is 84.8 Å². The lowest BCUT2D eigenvalue weighted by Gasteiger charge is -2.32. The highest BCUT2D eigenvalue weighted by Crippen LogP contribution is 2.26. The predicted octanol–water partition coefficient (Wildman–Crippen LogP) is 0.794. The monoisotopic (exact) mass is 363 g/mol. The van der Waals surface area contributed by atoms with Crippen LogP contribution in [0.2, 0.25) is 0 Å². The molecule has 0 spiro atoms. The van der Waals surface area contributed by atoms with Crippen LogP contribution in [0.25, 0.3) is 0 Å². The van der Waals surface area contributed by atoms with Gasteiger partial charge in [-0.1, -0.05) is 0 Å². The molecule has 2 fully saturated rings. The van der Waals surface area contributed by atoms with Crippen molar-refractivity contribution in [2.75, 3.05) is 44.6 Å². The second kappa shape index (κ2) is 9.08. The molecule has 0 aromatic carbocycles. The van der Waals surface area contributed by atoms with Crippen molar-refractivity contribution >= 4 is 5.95 Å². The van der Waals surface area contributed by atoms with Crippen LogP contribution < -0.4 is 5.32 Å². The van der Waals surface area contributed by atoms with E-state index in [2.05, 4.69) is 38.9 Å². The van der Waals surface area contributed by atoms with Gasteiger partial charge in [-0.25, -0.2) is 9.97 Å². The summed E-state index contributed by atoms with van der Waals surface area (Å²) in [7, 11) is 0. The number of rotatable bonds is 7. The number of anilines is 1. The van der Waals surface area contributed by atoms with Crippen LogP contribution in [0.4, 0.5) is 5.95 Å². The summed E-state index contributed by atoms with van der Waals surface area (Å²) in [6.45, 7) is 10.1. The lowest BCUT2D eigenvalue weighted by molar-refractivity contribution is 0.0684. The first-order valence-corrected chi connectivity index (χ1v) is 9.84. The van der Waals surface area contributed by atoms with Gasteiger partial charge >= 0.3 is 0 Å². The zero-order valence-electron chi connectivity index (χ0n) is 16.0. The molecule has 1 aromatic rings. The molecule has 2 aliphatic heterocycles. The minimum atomic E-state index is -0.131. The van der Waals surface area contributed by atoms with E-state index in [4.69, 9.17) is 0 Å². The molecule has 0 bridgehead atoms. The van der Waals surface area contributed by atoms with Crippen molar-refractivity contribution < 1.29 is 10.2 Å². The van der Waals surface area contributed by atoms with Crippen molar-refractivity contribution in [3.63, 3.8) is 0 Å². The summed E-state index contributed by atoms with van der Waals surface area (Å²) < 4.78 is 0. The maximum Gasteiger partial charge on any atom is 0.222 e. The van der Waals surface area contributed by atoms with Gasteiger partial charge in [0.2, 0.25) is 5.95 Å². The van der Waals surface area contributed by atoms with Crippen LogP contribution in [-0.4, -0.2) is 81.5 Å². The molecule has 0 saturated carbocycles. The fourth-order valence-corrected chi connectivity index (χ4v) is 4.04. The summed E-state index contributed by atoms with van der Waals surface area (Å²) in [6.07, 6.45) is 5.40. The van der Waals surface area contributed by atoms with Crippen LogP contribution in [0.3, 0.4) is 0 Å². The van der Waals surface area contributed by atoms with E-state index in [0.29, 0.717) is 23.8 Å². The Labute approximate surface area is 156 Å². The molecule has 0 amide bonds. The second-order valence-electron chi connectivity index (χ2n) is 8.14. The number of aromatic nitrogens is 2. The van der Waals surface area contributed by atoms with Gasteiger partial charge in [-0.05, 0) is 38.5 Å². The van der Waals surface area contributed by atoms with Gasteiger partial charge in [0, 0.05) is 69.9 Å². The highest BCUT2D eigenvalue weighted by Gasteiger charge is 2.34. The zero-order valence-corrected chi connectivity index (χ0v) is 16.0. The Hall–Kier alpha value is -1.28. The minimum absolute atomic E-state index is 0.131. The first-order valence-electron chi connectivity index (χ1n) is 9.84. The fraction of sp³-hybridized carbons (Fsp3) is 0.789. The van der Waals surface area contributed by atoms with E-state index in [1.54, 1.807) is 0 Å². The third-order valence-corrected chi connectivity index (χ3v) is 5.47. The van der Waals surface area contributed by atoms with Gasteiger partial charge in [0.15, 0.2) is 0 Å². The van der Waals surface area contributed by atoms with Gasteiger partial charge in [0.1, 0.15) is 0 Å². The van der Waals surface area contributed by atoms with Gasteiger partial charge in [-0.3, -0.25) is 4.90 Å². The standard InChI is InChI=1S/C19H33N5O2/c1-14(2)22-19-20-7-15(8-21-19)9-24-11-16(17(12-24)13-25)10-23-5-3-18(26)4-6-23/h7-8,14,16-18,25-26H,3-6,9-13H2,1-2H3,(H,20,21,22)/t16-,17-/m1/s1. The molecule has 0 unspecified atom stereocenters. The average molecular weight is 364 g/mol. The Kier molecular flexibility index (Phi) is 6.80. The lowest BCUT2D eigenvalue weighted by Crippen LogP contribution is -2.40. The van der Waals surface area contributed by atoms with Crippen LogP contribution in [-0.2, 0) is 6.54 Å². The molecular formula is C19H33N5O2. The van der Waals surface area contributed by atoms with E-state index >= 15 is 0 Å². The first kappa shape index (κ1) is 19.5. The zero-order chi connectivity index (χ0) is 18.5. The average Bonchev–Trinajstić information content (AvgIpc) is 2.99. The van der Waals surface area contributed by atoms with Crippen molar-refractivity contribution in [3.05, 3.63) is 18.0 Å². The molecule has 2 atom stereocenters. The number of likely N-dealkylation sites (tertiary alicyclic amines) is 2. The molecule has 2 aliphatic rings. The number of hydrogen-bond acceptors (Lipinski definition) is 7. The molecule has 26 heavy (non-hydrogen) atoms. The van der Waals surface area contributed by atoms with Crippen LogP contribution in [0.5, 0.6) is 0 Å². The van der Waals surface area contributed by atoms with E-state index in [0.717, 1.165) is 57.7 Å². The summed E-state index contributed by atoms with van der Waals surface area (Å²) in [6, 6.07) is 0.321. The molecule has 146 valence electrons. The molecule has 7 nitrogen and oxygen atoms in total. The Morgan fingerprint density at radius 1 is 1.12 bits per heavy atom. The highest BCUT2D eigenvalue weighted by molar-refractivity contribution is 5.25. The number of nitrogens with one attached hydrogen (secondary N) is 1. The lowest BCUT2D eigenvalue weighted by atomic mass is 9.95. The number of nitrogens with zero attached hydrogens (tertiary/aromatic N) is 4. The molecule has 2 saturated heterocycles. The quantitative estimate of drug-likeness (QED) is 0.660. The summed E-state index contributed by atoms with van der Waals surface area (Å²) in [5, 5.41) is 22.7. The number of hydrogen-bond donors (Lipinski definition) is 3. The third kappa shape index (κ3) is 5.36. The number of aliphatic hydroxyl groups is 2. The molecule has 7 heteroatoms. The van der Waals surface area contributed by atoms with Crippen LogP contribution in [0.15, 0.2) is 12.4 Å². The predicted molar refractivity (Wildman–Crippen MR) is 102 cm³/mol. The van der Waals surface area contributed by atoms with Crippen molar-refractivity contribution in [2.24, 2.45) is 11.8 Å². The fourth-order valence-electron chi connectivity index (χ4n) is 4.04. The molecule has 0 aliphatic carbocycles. The van der Waals surface area contributed by atoms with Gasteiger partial charge in [0.05, 0.1) is 6.10 Å². The minimum Gasteiger partial charge on any atom is -0.396 e. The van der Waals surface area contributed by atoms with Crippen LogP contribution >= 0.6 is 0 Å². The summed E-state index contributed by atoms with van der Waals surface area (Å²) in [4.78, 5) is 13.6. The van der Waals surface area contributed by atoms with Gasteiger partial charge in [0.25, 0.3) is 0 Å². The molecule has 3 heterocycles. The van der Waals surface area contributed by atoms with E-state index < -0.39 is 0 Å². The molecule has 0 radical (unpaired) electrons. The Balaban J connectivity index is 1.51. The second-order valence-corrected chi connectivity index (χ2v) is 8.14. The molecule has 1 aromatic heterocycles. The summed E-state index contributed by atoms with van der Waals surface area (Å²) in [5.74, 6) is 1.48. The maximum absolute atomic E-state index is 9.79.